The lowest BCUT2D eigenvalue weighted by Crippen LogP contribution is -2.20. The van der Waals surface area contributed by atoms with Gasteiger partial charge in [0.05, 0.1) is 10.5 Å². The molecule has 86 valence electrons. The van der Waals surface area contributed by atoms with Gasteiger partial charge in [-0.25, -0.2) is 4.21 Å². The summed E-state index contributed by atoms with van der Waals surface area (Å²) in [5, 5.41) is 0. The molecule has 0 radical (unpaired) electrons. The summed E-state index contributed by atoms with van der Waals surface area (Å²) in [6.07, 6.45) is 0. The summed E-state index contributed by atoms with van der Waals surface area (Å²) in [6.45, 7) is 5.93. The Bertz CT molecular complexity index is 574. The van der Waals surface area contributed by atoms with Gasteiger partial charge in [-0.1, -0.05) is 19.9 Å². The molecule has 0 saturated heterocycles. The van der Waals surface area contributed by atoms with Crippen molar-refractivity contribution in [1.82, 2.24) is 4.72 Å². The maximum Gasteiger partial charge on any atom is 0.264 e. The number of fused-ring (bicyclic) bond motifs is 1. The first-order chi connectivity index (χ1) is 7.33. The highest BCUT2D eigenvalue weighted by Gasteiger charge is 2.32. The van der Waals surface area contributed by atoms with Crippen LogP contribution in [0, 0.1) is 6.92 Å². The second-order valence-electron chi connectivity index (χ2n) is 4.32. The van der Waals surface area contributed by atoms with E-state index in [1.807, 2.05) is 26.8 Å². The number of amides is 1. The van der Waals surface area contributed by atoms with Crippen molar-refractivity contribution < 1.29 is 9.00 Å². The first kappa shape index (κ1) is 11.5. The van der Waals surface area contributed by atoms with E-state index < -0.39 is 8.68 Å². The molecule has 0 saturated carbocycles. The van der Waals surface area contributed by atoms with E-state index in [1.54, 1.807) is 6.07 Å². The van der Waals surface area contributed by atoms with Crippen LogP contribution in [0.2, 0.25) is 0 Å². The van der Waals surface area contributed by atoms with Crippen molar-refractivity contribution in [3.8, 4) is 0 Å². The highest BCUT2D eigenvalue weighted by atomic mass is 32.8. The van der Waals surface area contributed by atoms with E-state index >= 15 is 0 Å². The molecule has 0 fully saturated rings. The molecule has 0 aromatic heterocycles. The SMILES string of the molecule is Cc1cc(C(C)C)c2c(c1)S(=O)(=S)NC2=O. The lowest BCUT2D eigenvalue weighted by molar-refractivity contribution is 0.0984. The van der Waals surface area contributed by atoms with Crippen molar-refractivity contribution in [2.45, 2.75) is 31.6 Å². The Kier molecular flexibility index (Phi) is 2.55. The summed E-state index contributed by atoms with van der Waals surface area (Å²) in [4.78, 5) is 12.2. The van der Waals surface area contributed by atoms with Gasteiger partial charge in [0.1, 0.15) is 8.68 Å². The van der Waals surface area contributed by atoms with Crippen LogP contribution in [0.3, 0.4) is 0 Å². The predicted molar refractivity (Wildman–Crippen MR) is 66.5 cm³/mol. The molecule has 16 heavy (non-hydrogen) atoms. The lowest BCUT2D eigenvalue weighted by Gasteiger charge is -2.10. The number of hydrogen-bond acceptors (Lipinski definition) is 3. The van der Waals surface area contributed by atoms with Gasteiger partial charge in [-0.3, -0.25) is 9.52 Å². The minimum Gasteiger partial charge on any atom is -0.268 e. The zero-order valence-electron chi connectivity index (χ0n) is 9.37. The van der Waals surface area contributed by atoms with E-state index in [1.165, 1.54) is 0 Å². The molecule has 1 aliphatic heterocycles. The largest absolute Gasteiger partial charge is 0.268 e. The van der Waals surface area contributed by atoms with Crippen molar-refractivity contribution in [3.63, 3.8) is 0 Å². The van der Waals surface area contributed by atoms with Gasteiger partial charge in [-0.15, -0.1) is 0 Å². The standard InChI is InChI=1S/C11H13NO2S2/c1-6(2)8-4-7(3)5-9-10(8)11(13)12-16(9,14)15/h4-6H,1-3H3,(H,12,13). The van der Waals surface area contributed by atoms with Crippen LogP contribution in [0.25, 0.3) is 0 Å². The van der Waals surface area contributed by atoms with E-state index in [4.69, 9.17) is 11.2 Å². The summed E-state index contributed by atoms with van der Waals surface area (Å²) >= 11 is 4.94. The third-order valence-corrected chi connectivity index (χ3v) is 4.79. The predicted octanol–water partition coefficient (Wildman–Crippen LogP) is 1.88. The van der Waals surface area contributed by atoms with Gasteiger partial charge in [-0.05, 0) is 30.0 Å². The van der Waals surface area contributed by atoms with Crippen LogP contribution >= 0.6 is 0 Å². The molecule has 1 atom stereocenters. The van der Waals surface area contributed by atoms with E-state index in [9.17, 15) is 9.00 Å². The van der Waals surface area contributed by atoms with Gasteiger partial charge in [0, 0.05) is 11.2 Å². The minimum absolute atomic E-state index is 0.211. The highest BCUT2D eigenvalue weighted by Crippen LogP contribution is 2.31. The zero-order valence-corrected chi connectivity index (χ0v) is 11.0. The molecule has 1 aliphatic rings. The molecule has 1 unspecified atom stereocenters. The lowest BCUT2D eigenvalue weighted by atomic mass is 9.95. The number of aryl methyl sites for hydroxylation is 1. The van der Waals surface area contributed by atoms with Gasteiger partial charge in [-0.2, -0.15) is 0 Å². The van der Waals surface area contributed by atoms with Crippen LogP contribution in [0.5, 0.6) is 0 Å². The zero-order chi connectivity index (χ0) is 12.1. The average Bonchev–Trinajstić information content (AvgIpc) is 2.36. The molecule has 1 aromatic rings. The molecular formula is C11H13NO2S2. The third-order valence-electron chi connectivity index (χ3n) is 2.64. The summed E-state index contributed by atoms with van der Waals surface area (Å²) in [7, 11) is -2.80. The first-order valence-electron chi connectivity index (χ1n) is 5.04. The molecule has 0 spiro atoms. The number of carbonyl (C=O) groups is 1. The first-order valence-corrected chi connectivity index (χ1v) is 7.53. The quantitative estimate of drug-likeness (QED) is 0.833. The molecule has 0 bridgehead atoms. The highest BCUT2D eigenvalue weighted by molar-refractivity contribution is 8.32. The maximum atomic E-state index is 12.0. The van der Waals surface area contributed by atoms with Gasteiger partial charge in [0.25, 0.3) is 5.91 Å². The van der Waals surface area contributed by atoms with E-state index in [0.717, 1.165) is 11.1 Å². The van der Waals surface area contributed by atoms with E-state index in [-0.39, 0.29) is 11.8 Å². The van der Waals surface area contributed by atoms with Crippen molar-refractivity contribution in [2.75, 3.05) is 0 Å². The molecular weight excluding hydrogens is 242 g/mol. The summed E-state index contributed by atoms with van der Waals surface area (Å²) in [6, 6.07) is 3.70. The fourth-order valence-electron chi connectivity index (χ4n) is 1.92. The van der Waals surface area contributed by atoms with Crippen molar-refractivity contribution in [1.29, 1.82) is 0 Å². The summed E-state index contributed by atoms with van der Waals surface area (Å²) < 4.78 is 14.4. The average molecular weight is 255 g/mol. The number of carbonyl (C=O) groups excluding carboxylic acids is 1. The Morgan fingerprint density at radius 1 is 1.38 bits per heavy atom. The molecule has 0 aliphatic carbocycles. The Hall–Kier alpha value is -0.940. The second kappa shape index (κ2) is 3.53. The molecule has 3 nitrogen and oxygen atoms in total. The molecule has 1 amide bonds. The summed E-state index contributed by atoms with van der Waals surface area (Å²) in [5.74, 6) is -0.0959. The number of benzene rings is 1. The fraction of sp³-hybridized carbons (Fsp3) is 0.364. The van der Waals surface area contributed by atoms with Crippen LogP contribution in [-0.4, -0.2) is 10.1 Å². The monoisotopic (exact) mass is 255 g/mol. The van der Waals surface area contributed by atoms with Crippen LogP contribution in [0.4, 0.5) is 0 Å². The van der Waals surface area contributed by atoms with Crippen LogP contribution in [0.15, 0.2) is 17.0 Å². The summed E-state index contributed by atoms with van der Waals surface area (Å²) in [5.41, 5.74) is 2.42. The van der Waals surface area contributed by atoms with Crippen LogP contribution in [-0.2, 0) is 19.9 Å². The van der Waals surface area contributed by atoms with E-state index in [2.05, 4.69) is 4.72 Å². The molecule has 2 rings (SSSR count). The fourth-order valence-corrected chi connectivity index (χ4v) is 3.82. The number of hydrogen-bond donors (Lipinski definition) is 1. The Morgan fingerprint density at radius 2 is 2.00 bits per heavy atom. The van der Waals surface area contributed by atoms with Gasteiger partial charge < -0.3 is 0 Å². The maximum absolute atomic E-state index is 12.0. The Morgan fingerprint density at radius 3 is 2.56 bits per heavy atom. The minimum atomic E-state index is -2.80. The van der Waals surface area contributed by atoms with Crippen molar-refractivity contribution in [3.05, 3.63) is 28.8 Å². The number of rotatable bonds is 1. The second-order valence-corrected chi connectivity index (χ2v) is 7.38. The Balaban J connectivity index is 2.84. The molecule has 1 N–H and O–H groups in total. The normalized spacial score (nSPS) is 23.4. The number of nitrogens with one attached hydrogen (secondary N) is 1. The van der Waals surface area contributed by atoms with Gasteiger partial charge in [0.2, 0.25) is 0 Å². The van der Waals surface area contributed by atoms with Crippen molar-refractivity contribution >= 4 is 25.8 Å². The van der Waals surface area contributed by atoms with E-state index in [0.29, 0.717) is 10.5 Å². The smallest absolute Gasteiger partial charge is 0.264 e. The van der Waals surface area contributed by atoms with Crippen LogP contribution in [0.1, 0.15) is 41.3 Å². The Labute approximate surface area is 100 Å². The van der Waals surface area contributed by atoms with Gasteiger partial charge in [0.15, 0.2) is 0 Å². The van der Waals surface area contributed by atoms with Crippen molar-refractivity contribution in [2.24, 2.45) is 0 Å². The third kappa shape index (κ3) is 1.64. The molecule has 1 heterocycles. The van der Waals surface area contributed by atoms with Crippen LogP contribution < -0.4 is 4.72 Å². The van der Waals surface area contributed by atoms with Gasteiger partial charge >= 0.3 is 0 Å². The molecule has 1 aromatic carbocycles. The molecule has 5 heteroatoms. The topological polar surface area (TPSA) is 46.2 Å².